The van der Waals surface area contributed by atoms with Crippen LogP contribution in [0.25, 0.3) is 0 Å². The molecular weight excluding hydrogens is 205 g/mol. The normalized spacial score (nSPS) is 10.3. The van der Waals surface area contributed by atoms with E-state index in [1.54, 1.807) is 18.6 Å². The van der Waals surface area contributed by atoms with Crippen molar-refractivity contribution in [2.75, 3.05) is 11.9 Å². The van der Waals surface area contributed by atoms with Crippen molar-refractivity contribution in [1.29, 1.82) is 0 Å². The van der Waals surface area contributed by atoms with Gasteiger partial charge in [-0.05, 0) is 24.6 Å². The average molecular weight is 219 g/mol. The van der Waals surface area contributed by atoms with E-state index in [1.165, 1.54) is 12.1 Å². The molecule has 0 bridgehead atoms. The number of imidazole rings is 1. The van der Waals surface area contributed by atoms with Gasteiger partial charge in [-0.1, -0.05) is 6.07 Å². The van der Waals surface area contributed by atoms with E-state index in [-0.39, 0.29) is 5.82 Å². The third kappa shape index (κ3) is 3.08. The van der Waals surface area contributed by atoms with Gasteiger partial charge in [0.05, 0.1) is 6.33 Å². The fraction of sp³-hybridized carbons (Fsp3) is 0.250. The van der Waals surface area contributed by atoms with E-state index >= 15 is 0 Å². The van der Waals surface area contributed by atoms with E-state index in [1.807, 2.05) is 16.8 Å². The lowest BCUT2D eigenvalue weighted by Gasteiger charge is -2.06. The maximum atomic E-state index is 12.8. The summed E-state index contributed by atoms with van der Waals surface area (Å²) in [4.78, 5) is 3.96. The summed E-state index contributed by atoms with van der Waals surface area (Å²) in [7, 11) is 0. The molecule has 16 heavy (non-hydrogen) atoms. The van der Waals surface area contributed by atoms with Gasteiger partial charge in [0, 0.05) is 31.2 Å². The van der Waals surface area contributed by atoms with Crippen molar-refractivity contribution < 1.29 is 4.39 Å². The molecular formula is C12H14FN3. The minimum Gasteiger partial charge on any atom is -0.385 e. The molecule has 1 N–H and O–H groups in total. The third-order valence-electron chi connectivity index (χ3n) is 2.31. The first kappa shape index (κ1) is 10.7. The summed E-state index contributed by atoms with van der Waals surface area (Å²) in [6.07, 6.45) is 6.47. The second-order valence-electron chi connectivity index (χ2n) is 3.59. The van der Waals surface area contributed by atoms with Crippen LogP contribution in [0.5, 0.6) is 0 Å². The topological polar surface area (TPSA) is 29.9 Å². The molecule has 0 saturated carbocycles. The lowest BCUT2D eigenvalue weighted by Crippen LogP contribution is -2.05. The zero-order valence-electron chi connectivity index (χ0n) is 8.94. The minimum absolute atomic E-state index is 0.209. The summed E-state index contributed by atoms with van der Waals surface area (Å²) in [5, 5.41) is 3.17. The zero-order valence-corrected chi connectivity index (χ0v) is 8.94. The molecule has 0 aliphatic carbocycles. The maximum absolute atomic E-state index is 12.8. The number of hydrogen-bond donors (Lipinski definition) is 1. The van der Waals surface area contributed by atoms with Gasteiger partial charge in [-0.2, -0.15) is 0 Å². The van der Waals surface area contributed by atoms with Crippen LogP contribution in [0.3, 0.4) is 0 Å². The highest BCUT2D eigenvalue weighted by Gasteiger charge is 1.94. The number of halogens is 1. The zero-order chi connectivity index (χ0) is 11.2. The van der Waals surface area contributed by atoms with Crippen LogP contribution in [-0.4, -0.2) is 16.1 Å². The van der Waals surface area contributed by atoms with Crippen molar-refractivity contribution in [3.63, 3.8) is 0 Å². The van der Waals surface area contributed by atoms with Crippen LogP contribution in [0.4, 0.5) is 10.1 Å². The lowest BCUT2D eigenvalue weighted by molar-refractivity contribution is 0.627. The Hall–Kier alpha value is -1.84. The molecule has 0 fully saturated rings. The molecule has 0 atom stereocenters. The smallest absolute Gasteiger partial charge is 0.125 e. The van der Waals surface area contributed by atoms with Gasteiger partial charge < -0.3 is 9.88 Å². The third-order valence-corrected chi connectivity index (χ3v) is 2.31. The Kier molecular flexibility index (Phi) is 3.53. The van der Waals surface area contributed by atoms with Crippen molar-refractivity contribution in [3.8, 4) is 0 Å². The van der Waals surface area contributed by atoms with Crippen molar-refractivity contribution in [3.05, 3.63) is 48.8 Å². The monoisotopic (exact) mass is 219 g/mol. The van der Waals surface area contributed by atoms with Crippen LogP contribution in [0.2, 0.25) is 0 Å². The molecule has 84 valence electrons. The maximum Gasteiger partial charge on any atom is 0.125 e. The summed E-state index contributed by atoms with van der Waals surface area (Å²) in [5.41, 5.74) is 0.825. The van der Waals surface area contributed by atoms with Gasteiger partial charge in [0.2, 0.25) is 0 Å². The first-order chi connectivity index (χ1) is 7.84. The highest BCUT2D eigenvalue weighted by atomic mass is 19.1. The van der Waals surface area contributed by atoms with Crippen LogP contribution in [0, 0.1) is 5.82 Å². The van der Waals surface area contributed by atoms with E-state index in [2.05, 4.69) is 10.3 Å². The largest absolute Gasteiger partial charge is 0.385 e. The molecule has 0 aliphatic rings. The van der Waals surface area contributed by atoms with Crippen LogP contribution < -0.4 is 5.32 Å². The molecule has 0 aliphatic heterocycles. The quantitative estimate of drug-likeness (QED) is 0.783. The van der Waals surface area contributed by atoms with E-state index < -0.39 is 0 Å². The number of aromatic nitrogens is 2. The number of nitrogens with one attached hydrogen (secondary N) is 1. The van der Waals surface area contributed by atoms with Crippen molar-refractivity contribution in [1.82, 2.24) is 9.55 Å². The molecule has 1 aromatic carbocycles. The first-order valence-corrected chi connectivity index (χ1v) is 5.30. The molecule has 3 nitrogen and oxygen atoms in total. The molecule has 4 heteroatoms. The summed E-state index contributed by atoms with van der Waals surface area (Å²) in [6.45, 7) is 1.74. The van der Waals surface area contributed by atoms with Crippen LogP contribution in [0.15, 0.2) is 43.0 Å². The molecule has 0 unspecified atom stereocenters. The molecule has 0 spiro atoms. The summed E-state index contributed by atoms with van der Waals surface area (Å²) < 4.78 is 14.9. The van der Waals surface area contributed by atoms with Gasteiger partial charge >= 0.3 is 0 Å². The van der Waals surface area contributed by atoms with E-state index in [4.69, 9.17) is 0 Å². The molecule has 0 radical (unpaired) electrons. The molecule has 1 aromatic heterocycles. The molecule has 2 aromatic rings. The van der Waals surface area contributed by atoms with E-state index in [9.17, 15) is 4.39 Å². The Morgan fingerprint density at radius 3 is 3.06 bits per heavy atom. The van der Waals surface area contributed by atoms with E-state index in [0.717, 1.165) is 25.2 Å². The van der Waals surface area contributed by atoms with Crippen molar-refractivity contribution >= 4 is 5.69 Å². The summed E-state index contributed by atoms with van der Waals surface area (Å²) >= 11 is 0. The van der Waals surface area contributed by atoms with Crippen molar-refractivity contribution in [2.45, 2.75) is 13.0 Å². The number of hydrogen-bond acceptors (Lipinski definition) is 2. The number of rotatable bonds is 5. The molecule has 0 saturated heterocycles. The van der Waals surface area contributed by atoms with Gasteiger partial charge in [-0.15, -0.1) is 0 Å². The highest BCUT2D eigenvalue weighted by Crippen LogP contribution is 2.08. The lowest BCUT2D eigenvalue weighted by atomic mass is 10.3. The standard InChI is InChI=1S/C12H14FN3/c13-11-3-1-4-12(9-11)15-5-2-7-16-8-6-14-10-16/h1,3-4,6,8-10,15H,2,5,7H2. The van der Waals surface area contributed by atoms with E-state index in [0.29, 0.717) is 0 Å². The van der Waals surface area contributed by atoms with Crippen LogP contribution in [0.1, 0.15) is 6.42 Å². The fourth-order valence-electron chi connectivity index (χ4n) is 1.51. The summed E-state index contributed by atoms with van der Waals surface area (Å²) in [6, 6.07) is 6.50. The average Bonchev–Trinajstić information content (AvgIpc) is 2.77. The summed E-state index contributed by atoms with van der Waals surface area (Å²) in [5.74, 6) is -0.209. The SMILES string of the molecule is Fc1cccc(NCCCn2ccnc2)c1. The second-order valence-corrected chi connectivity index (χ2v) is 3.59. The van der Waals surface area contributed by atoms with Crippen LogP contribution in [-0.2, 0) is 6.54 Å². The fourth-order valence-corrected chi connectivity index (χ4v) is 1.51. The second kappa shape index (κ2) is 5.30. The molecule has 2 rings (SSSR count). The Labute approximate surface area is 93.9 Å². The Balaban J connectivity index is 1.72. The predicted molar refractivity (Wildman–Crippen MR) is 61.7 cm³/mol. The number of aryl methyl sites for hydroxylation is 1. The number of nitrogens with zero attached hydrogens (tertiary/aromatic N) is 2. The van der Waals surface area contributed by atoms with Gasteiger partial charge in [-0.3, -0.25) is 0 Å². The first-order valence-electron chi connectivity index (χ1n) is 5.30. The van der Waals surface area contributed by atoms with Gasteiger partial charge in [-0.25, -0.2) is 9.37 Å². The molecule has 1 heterocycles. The van der Waals surface area contributed by atoms with Gasteiger partial charge in [0.15, 0.2) is 0 Å². The highest BCUT2D eigenvalue weighted by molar-refractivity contribution is 5.42. The minimum atomic E-state index is -0.209. The predicted octanol–water partition coefficient (Wildman–Crippen LogP) is 2.52. The number of anilines is 1. The number of benzene rings is 1. The Morgan fingerprint density at radius 2 is 2.31 bits per heavy atom. The Morgan fingerprint density at radius 1 is 1.38 bits per heavy atom. The van der Waals surface area contributed by atoms with Gasteiger partial charge in [0.1, 0.15) is 5.82 Å². The molecule has 0 amide bonds. The Bertz CT molecular complexity index is 426. The van der Waals surface area contributed by atoms with Gasteiger partial charge in [0.25, 0.3) is 0 Å². The van der Waals surface area contributed by atoms with Crippen LogP contribution >= 0.6 is 0 Å². The van der Waals surface area contributed by atoms with Crippen molar-refractivity contribution in [2.24, 2.45) is 0 Å².